The molecule has 2 unspecified atom stereocenters. The Morgan fingerprint density at radius 2 is 1.62 bits per heavy atom. The zero-order valence-electron chi connectivity index (χ0n) is 21.6. The molecule has 0 radical (unpaired) electrons. The van der Waals surface area contributed by atoms with Crippen LogP contribution in [0.2, 0.25) is 10.0 Å². The number of carbonyl (C=O) groups excluding carboxylic acids is 2. The third-order valence-electron chi connectivity index (χ3n) is 8.27. The first-order valence-corrected chi connectivity index (χ1v) is 14.9. The quantitative estimate of drug-likeness (QED) is 0.353. The molecule has 4 aliphatic rings. The molecule has 3 N–H and O–H groups in total. The van der Waals surface area contributed by atoms with Crippen LogP contribution in [0, 0.1) is 23.2 Å². The predicted molar refractivity (Wildman–Crippen MR) is 147 cm³/mol. The van der Waals surface area contributed by atoms with Crippen molar-refractivity contribution in [2.45, 2.75) is 44.3 Å². The number of anilines is 1. The second-order valence-electron chi connectivity index (χ2n) is 10.9. The molecule has 0 saturated heterocycles. The van der Waals surface area contributed by atoms with E-state index >= 15 is 0 Å². The van der Waals surface area contributed by atoms with E-state index in [4.69, 9.17) is 28.9 Å². The SMILES string of the molecule is C=CCN(CC(=O)NC1C2CC3CC1CC(C(N)=O)(C3)C2)S(=O)(=O)N(CC=C)c1c(Cl)cc(C(F)(F)F)cc1Cl. The minimum absolute atomic E-state index is 0.0641. The maximum Gasteiger partial charge on any atom is 0.416 e. The summed E-state index contributed by atoms with van der Waals surface area (Å²) in [5.41, 5.74) is 3.69. The number of nitrogens with zero attached hydrogens (tertiary/aromatic N) is 2. The number of nitrogens with one attached hydrogen (secondary N) is 1. The van der Waals surface area contributed by atoms with Crippen molar-refractivity contribution in [1.82, 2.24) is 9.62 Å². The number of alkyl halides is 3. The number of benzene rings is 1. The predicted octanol–water partition coefficient (Wildman–Crippen LogP) is 4.53. The van der Waals surface area contributed by atoms with Gasteiger partial charge in [-0.15, -0.1) is 13.2 Å². The van der Waals surface area contributed by atoms with Crippen LogP contribution in [0.5, 0.6) is 0 Å². The largest absolute Gasteiger partial charge is 0.416 e. The highest BCUT2D eigenvalue weighted by Gasteiger charge is 2.58. The highest BCUT2D eigenvalue weighted by Crippen LogP contribution is 2.60. The number of rotatable bonds is 11. The summed E-state index contributed by atoms with van der Waals surface area (Å²) < 4.78 is 68.8. The molecule has 2 amide bonds. The maximum absolute atomic E-state index is 13.8. The van der Waals surface area contributed by atoms with Gasteiger partial charge in [0.05, 0.1) is 34.4 Å². The van der Waals surface area contributed by atoms with Crippen LogP contribution in [0.1, 0.15) is 37.7 Å². The molecule has 1 aromatic carbocycles. The second kappa shape index (κ2) is 11.2. The Kier molecular flexibility index (Phi) is 8.58. The van der Waals surface area contributed by atoms with Crippen molar-refractivity contribution in [3.63, 3.8) is 0 Å². The molecular weight excluding hydrogens is 592 g/mol. The fourth-order valence-corrected chi connectivity index (χ4v) is 9.23. The highest BCUT2D eigenvalue weighted by atomic mass is 35.5. The summed E-state index contributed by atoms with van der Waals surface area (Å²) in [6, 6.07) is 0.960. The Balaban J connectivity index is 1.56. The van der Waals surface area contributed by atoms with Gasteiger partial charge in [0, 0.05) is 18.0 Å². The Bertz CT molecular complexity index is 1280. The lowest BCUT2D eigenvalue weighted by Crippen LogP contribution is -2.62. The number of hydrogen-bond donors (Lipinski definition) is 2. The normalized spacial score (nSPS) is 27.4. The molecule has 8 nitrogen and oxygen atoms in total. The Hall–Kier alpha value is -2.28. The zero-order chi connectivity index (χ0) is 29.6. The van der Waals surface area contributed by atoms with Crippen LogP contribution in [-0.2, 0) is 26.0 Å². The van der Waals surface area contributed by atoms with Gasteiger partial charge < -0.3 is 11.1 Å². The van der Waals surface area contributed by atoms with E-state index < -0.39 is 49.9 Å². The van der Waals surface area contributed by atoms with Gasteiger partial charge in [-0.05, 0) is 62.0 Å². The minimum Gasteiger partial charge on any atom is -0.369 e. The number of amides is 2. The molecular formula is C26H31Cl2F3N4O4S. The van der Waals surface area contributed by atoms with E-state index in [1.54, 1.807) is 0 Å². The molecule has 0 aliphatic heterocycles. The second-order valence-corrected chi connectivity index (χ2v) is 13.6. The smallest absolute Gasteiger partial charge is 0.369 e. The fraction of sp³-hybridized carbons (Fsp3) is 0.538. The van der Waals surface area contributed by atoms with Gasteiger partial charge in [-0.25, -0.2) is 0 Å². The highest BCUT2D eigenvalue weighted by molar-refractivity contribution is 7.90. The molecule has 4 bridgehead atoms. The van der Waals surface area contributed by atoms with Gasteiger partial charge in [-0.1, -0.05) is 35.4 Å². The first-order valence-electron chi connectivity index (χ1n) is 12.8. The first-order chi connectivity index (χ1) is 18.6. The molecule has 14 heteroatoms. The number of nitrogens with two attached hydrogens (primary N) is 1. The van der Waals surface area contributed by atoms with Crippen molar-refractivity contribution >= 4 is 50.9 Å². The van der Waals surface area contributed by atoms with Crippen molar-refractivity contribution in [2.24, 2.45) is 28.9 Å². The molecule has 220 valence electrons. The molecule has 4 aliphatic carbocycles. The van der Waals surface area contributed by atoms with Crippen molar-refractivity contribution in [2.75, 3.05) is 23.9 Å². The van der Waals surface area contributed by atoms with Gasteiger partial charge in [-0.2, -0.15) is 25.9 Å². The summed E-state index contributed by atoms with van der Waals surface area (Å²) in [6.45, 7) is 5.87. The number of halogens is 5. The third kappa shape index (κ3) is 5.73. The van der Waals surface area contributed by atoms with Gasteiger partial charge >= 0.3 is 16.4 Å². The summed E-state index contributed by atoms with van der Waals surface area (Å²) >= 11 is 12.2. The molecule has 0 spiro atoms. The molecule has 0 heterocycles. The van der Waals surface area contributed by atoms with Crippen LogP contribution in [0.4, 0.5) is 18.9 Å². The van der Waals surface area contributed by atoms with Crippen LogP contribution >= 0.6 is 23.2 Å². The van der Waals surface area contributed by atoms with Gasteiger partial charge in [0.25, 0.3) is 0 Å². The van der Waals surface area contributed by atoms with Crippen LogP contribution in [0.15, 0.2) is 37.4 Å². The van der Waals surface area contributed by atoms with Gasteiger partial charge in [-0.3, -0.25) is 13.9 Å². The summed E-state index contributed by atoms with van der Waals surface area (Å²) in [5, 5.41) is 1.92. The van der Waals surface area contributed by atoms with Gasteiger partial charge in [0.15, 0.2) is 0 Å². The molecule has 2 atom stereocenters. The lowest BCUT2D eigenvalue weighted by Gasteiger charge is -2.58. The standard InChI is InChI=1S/C26H31Cl2F3N4O4S/c1-3-5-34(14-21(36)33-22-16-7-15-8-17(22)13-25(11-15,12-16)24(32)37)40(38,39)35(6-4-2)23-19(27)9-18(10-20(23)28)26(29,30)31/h3-4,9-10,15-17,22H,1-2,5-8,11-14H2,(H2,32,37)(H,33,36). The topological polar surface area (TPSA) is 113 Å². The van der Waals surface area contributed by atoms with E-state index in [0.717, 1.165) is 23.6 Å². The fourth-order valence-electron chi connectivity index (χ4n) is 6.86. The zero-order valence-corrected chi connectivity index (χ0v) is 23.9. The number of carbonyl (C=O) groups is 2. The summed E-state index contributed by atoms with van der Waals surface area (Å²) in [5.74, 6) is -0.355. The molecule has 4 fully saturated rings. The average molecular weight is 624 g/mol. The molecule has 1 aromatic rings. The van der Waals surface area contributed by atoms with Crippen molar-refractivity contribution < 1.29 is 31.2 Å². The van der Waals surface area contributed by atoms with E-state index in [2.05, 4.69) is 18.5 Å². The lowest BCUT2D eigenvalue weighted by molar-refractivity contribution is -0.147. The van der Waals surface area contributed by atoms with Crippen molar-refractivity contribution in [1.29, 1.82) is 0 Å². The average Bonchev–Trinajstić information content (AvgIpc) is 2.84. The molecule has 5 rings (SSSR count). The monoisotopic (exact) mass is 622 g/mol. The van der Waals surface area contributed by atoms with Crippen LogP contribution in [0.3, 0.4) is 0 Å². The third-order valence-corrected chi connectivity index (χ3v) is 10.7. The Labute approximate surface area is 241 Å². The summed E-state index contributed by atoms with van der Waals surface area (Å²) in [7, 11) is -4.56. The van der Waals surface area contributed by atoms with E-state index in [1.807, 2.05) is 0 Å². The van der Waals surface area contributed by atoms with Crippen LogP contribution in [0.25, 0.3) is 0 Å². The minimum atomic E-state index is -4.75. The molecule has 4 saturated carbocycles. The Morgan fingerprint density at radius 3 is 2.10 bits per heavy atom. The van der Waals surface area contributed by atoms with Crippen LogP contribution < -0.4 is 15.4 Å². The Morgan fingerprint density at radius 1 is 1.07 bits per heavy atom. The lowest BCUT2D eigenvalue weighted by atomic mass is 9.47. The van der Waals surface area contributed by atoms with Crippen LogP contribution in [-0.4, -0.2) is 50.2 Å². The van der Waals surface area contributed by atoms with E-state index in [1.165, 1.54) is 12.2 Å². The molecule has 40 heavy (non-hydrogen) atoms. The number of primary amides is 1. The van der Waals surface area contributed by atoms with E-state index in [-0.39, 0.29) is 42.6 Å². The van der Waals surface area contributed by atoms with Crippen molar-refractivity contribution in [3.8, 4) is 0 Å². The van der Waals surface area contributed by atoms with E-state index in [9.17, 15) is 31.2 Å². The van der Waals surface area contributed by atoms with Gasteiger partial charge in [0.1, 0.15) is 0 Å². The summed E-state index contributed by atoms with van der Waals surface area (Å²) in [4.78, 5) is 25.5. The number of hydrogen-bond acceptors (Lipinski definition) is 4. The van der Waals surface area contributed by atoms with Crippen molar-refractivity contribution in [3.05, 3.63) is 53.1 Å². The first kappa shape index (κ1) is 30.7. The summed E-state index contributed by atoms with van der Waals surface area (Å²) in [6.07, 6.45) is 1.43. The maximum atomic E-state index is 13.8. The van der Waals surface area contributed by atoms with E-state index in [0.29, 0.717) is 35.2 Å². The molecule has 0 aromatic heterocycles. The van der Waals surface area contributed by atoms with Gasteiger partial charge in [0.2, 0.25) is 11.8 Å².